The lowest BCUT2D eigenvalue weighted by Gasteiger charge is -2.26. The average molecular weight is 439 g/mol. The highest BCUT2D eigenvalue weighted by atomic mass is 127. The van der Waals surface area contributed by atoms with Gasteiger partial charge in [-0.3, -0.25) is 0 Å². The van der Waals surface area contributed by atoms with Crippen molar-refractivity contribution in [1.29, 1.82) is 0 Å². The van der Waals surface area contributed by atoms with Gasteiger partial charge in [0.1, 0.15) is 17.2 Å². The van der Waals surface area contributed by atoms with E-state index >= 15 is 0 Å². The Kier molecular flexibility index (Phi) is 4.27. The minimum absolute atomic E-state index is 0.120. The molecule has 1 N–H and O–H groups in total. The van der Waals surface area contributed by atoms with E-state index in [9.17, 15) is 13.9 Å². The van der Waals surface area contributed by atoms with E-state index in [4.69, 9.17) is 0 Å². The molecule has 0 saturated heterocycles. The second-order valence-electron chi connectivity index (χ2n) is 4.30. The van der Waals surface area contributed by atoms with Gasteiger partial charge in [-0.15, -0.1) is 0 Å². The molecule has 1 atom stereocenters. The first kappa shape index (κ1) is 14.9. The Morgan fingerprint density at radius 1 is 1.11 bits per heavy atom. The maximum atomic E-state index is 14.1. The largest absolute Gasteiger partial charge is 0.380 e. The third kappa shape index (κ3) is 2.83. The van der Waals surface area contributed by atoms with E-state index in [1.165, 1.54) is 13.0 Å². The highest BCUT2D eigenvalue weighted by molar-refractivity contribution is 14.1. The summed E-state index contributed by atoms with van der Waals surface area (Å²) in [5.41, 5.74) is -1.66. The van der Waals surface area contributed by atoms with Crippen LogP contribution in [0.2, 0.25) is 0 Å². The minimum atomic E-state index is -1.73. The molecule has 0 spiro atoms. The number of benzene rings is 2. The smallest absolute Gasteiger partial charge is 0.146 e. The van der Waals surface area contributed by atoms with Gasteiger partial charge in [0.15, 0.2) is 0 Å². The van der Waals surface area contributed by atoms with Crippen LogP contribution in [-0.4, -0.2) is 5.11 Å². The Labute approximate surface area is 131 Å². The van der Waals surface area contributed by atoms with E-state index in [0.29, 0.717) is 5.56 Å². The standard InChI is InChI=1S/C14H10BrF2IO/c1-14(19,8-2-4-9(18)5-3-8)12-11(16)7-6-10(15)13(12)17/h2-7,19H,1H3. The monoisotopic (exact) mass is 438 g/mol. The second kappa shape index (κ2) is 5.46. The first-order valence-corrected chi connectivity index (χ1v) is 7.33. The van der Waals surface area contributed by atoms with Crippen LogP contribution in [0.25, 0.3) is 0 Å². The second-order valence-corrected chi connectivity index (χ2v) is 6.40. The number of hydrogen-bond acceptors (Lipinski definition) is 1. The van der Waals surface area contributed by atoms with E-state index in [-0.39, 0.29) is 10.0 Å². The van der Waals surface area contributed by atoms with Gasteiger partial charge in [-0.05, 0) is 75.3 Å². The molecule has 0 aliphatic heterocycles. The van der Waals surface area contributed by atoms with Gasteiger partial charge in [0.2, 0.25) is 0 Å². The van der Waals surface area contributed by atoms with Crippen LogP contribution < -0.4 is 0 Å². The Balaban J connectivity index is 2.62. The van der Waals surface area contributed by atoms with E-state index in [2.05, 4.69) is 38.5 Å². The number of rotatable bonds is 2. The highest BCUT2D eigenvalue weighted by Crippen LogP contribution is 2.35. The van der Waals surface area contributed by atoms with Crippen LogP contribution in [0.1, 0.15) is 18.1 Å². The summed E-state index contributed by atoms with van der Waals surface area (Å²) in [5, 5.41) is 10.5. The first-order chi connectivity index (χ1) is 8.84. The summed E-state index contributed by atoms with van der Waals surface area (Å²) in [5.74, 6) is -1.56. The van der Waals surface area contributed by atoms with Crippen LogP contribution in [0.4, 0.5) is 8.78 Å². The normalized spacial score (nSPS) is 14.2. The molecule has 0 aliphatic carbocycles. The molecular weight excluding hydrogens is 429 g/mol. The summed E-state index contributed by atoms with van der Waals surface area (Å²) in [6.45, 7) is 1.38. The minimum Gasteiger partial charge on any atom is -0.380 e. The molecule has 5 heteroatoms. The molecule has 1 nitrogen and oxygen atoms in total. The van der Waals surface area contributed by atoms with E-state index < -0.39 is 17.2 Å². The summed E-state index contributed by atoms with van der Waals surface area (Å²) >= 11 is 5.12. The van der Waals surface area contributed by atoms with Crippen LogP contribution in [-0.2, 0) is 5.60 Å². The molecule has 100 valence electrons. The van der Waals surface area contributed by atoms with Crippen LogP contribution in [0.3, 0.4) is 0 Å². The molecular formula is C14H10BrF2IO. The van der Waals surface area contributed by atoms with Crippen molar-refractivity contribution in [3.8, 4) is 0 Å². The average Bonchev–Trinajstić information content (AvgIpc) is 2.34. The van der Waals surface area contributed by atoms with E-state index in [0.717, 1.165) is 9.64 Å². The molecule has 2 aromatic rings. The molecule has 0 bridgehead atoms. The molecule has 0 amide bonds. The van der Waals surface area contributed by atoms with Gasteiger partial charge in [0.05, 0.1) is 10.0 Å². The summed E-state index contributed by atoms with van der Waals surface area (Å²) in [7, 11) is 0. The molecule has 19 heavy (non-hydrogen) atoms. The van der Waals surface area contributed by atoms with Crippen molar-refractivity contribution >= 4 is 38.5 Å². The topological polar surface area (TPSA) is 20.2 Å². The highest BCUT2D eigenvalue weighted by Gasteiger charge is 2.33. The fourth-order valence-electron chi connectivity index (χ4n) is 1.89. The lowest BCUT2D eigenvalue weighted by Crippen LogP contribution is -2.26. The van der Waals surface area contributed by atoms with Gasteiger partial charge in [-0.25, -0.2) is 8.78 Å². The maximum absolute atomic E-state index is 14.1. The quantitative estimate of drug-likeness (QED) is 0.537. The van der Waals surface area contributed by atoms with Gasteiger partial charge < -0.3 is 5.11 Å². The third-order valence-electron chi connectivity index (χ3n) is 2.94. The molecule has 2 aromatic carbocycles. The fraction of sp³-hybridized carbons (Fsp3) is 0.143. The van der Waals surface area contributed by atoms with E-state index in [1.54, 1.807) is 24.3 Å². The predicted octanol–water partition coefficient (Wildman–Crippen LogP) is 4.59. The van der Waals surface area contributed by atoms with Crippen molar-refractivity contribution in [2.75, 3.05) is 0 Å². The molecule has 1 unspecified atom stereocenters. The lowest BCUT2D eigenvalue weighted by molar-refractivity contribution is 0.0932. The van der Waals surface area contributed by atoms with Crippen LogP contribution in [0.15, 0.2) is 40.9 Å². The van der Waals surface area contributed by atoms with Crippen molar-refractivity contribution in [3.63, 3.8) is 0 Å². The third-order valence-corrected chi connectivity index (χ3v) is 4.27. The number of aliphatic hydroxyl groups is 1. The zero-order chi connectivity index (χ0) is 14.2. The van der Waals surface area contributed by atoms with Crippen LogP contribution >= 0.6 is 38.5 Å². The Bertz CT molecular complexity index is 612. The maximum Gasteiger partial charge on any atom is 0.146 e. The molecule has 0 radical (unpaired) electrons. The van der Waals surface area contributed by atoms with Crippen molar-refractivity contribution < 1.29 is 13.9 Å². The zero-order valence-corrected chi connectivity index (χ0v) is 13.7. The Morgan fingerprint density at radius 3 is 2.26 bits per heavy atom. The van der Waals surface area contributed by atoms with Gasteiger partial charge in [0, 0.05) is 3.57 Å². The van der Waals surface area contributed by atoms with Crippen LogP contribution in [0, 0.1) is 15.2 Å². The predicted molar refractivity (Wildman–Crippen MR) is 81.9 cm³/mol. The van der Waals surface area contributed by atoms with Gasteiger partial charge in [0.25, 0.3) is 0 Å². The van der Waals surface area contributed by atoms with Crippen LogP contribution in [0.5, 0.6) is 0 Å². The number of halogens is 4. The van der Waals surface area contributed by atoms with Gasteiger partial charge >= 0.3 is 0 Å². The first-order valence-electron chi connectivity index (χ1n) is 5.46. The molecule has 0 aromatic heterocycles. The van der Waals surface area contributed by atoms with Crippen molar-refractivity contribution in [1.82, 2.24) is 0 Å². The van der Waals surface area contributed by atoms with Gasteiger partial charge in [-0.2, -0.15) is 0 Å². The summed E-state index contributed by atoms with van der Waals surface area (Å²) in [6, 6.07) is 9.27. The van der Waals surface area contributed by atoms with Crippen molar-refractivity contribution in [2.45, 2.75) is 12.5 Å². The Morgan fingerprint density at radius 2 is 1.68 bits per heavy atom. The van der Waals surface area contributed by atoms with Crippen molar-refractivity contribution in [3.05, 3.63) is 67.2 Å². The summed E-state index contributed by atoms with van der Waals surface area (Å²) in [6.07, 6.45) is 0. The number of hydrogen-bond donors (Lipinski definition) is 1. The molecule has 2 rings (SSSR count). The molecule has 0 saturated carbocycles. The van der Waals surface area contributed by atoms with E-state index in [1.807, 2.05) is 0 Å². The zero-order valence-electron chi connectivity index (χ0n) is 9.92. The Hall–Kier alpha value is -0.530. The molecule has 0 heterocycles. The SMILES string of the molecule is CC(O)(c1ccc(I)cc1)c1c(F)ccc(Br)c1F. The fourth-order valence-corrected chi connectivity index (χ4v) is 2.58. The van der Waals surface area contributed by atoms with Crippen molar-refractivity contribution in [2.24, 2.45) is 0 Å². The van der Waals surface area contributed by atoms with Gasteiger partial charge in [-0.1, -0.05) is 12.1 Å². The lowest BCUT2D eigenvalue weighted by atomic mass is 9.87. The molecule has 0 fully saturated rings. The summed E-state index contributed by atoms with van der Waals surface area (Å²) in [4.78, 5) is 0. The molecule has 0 aliphatic rings. The summed E-state index contributed by atoms with van der Waals surface area (Å²) < 4.78 is 29.0.